The van der Waals surface area contributed by atoms with Crippen molar-refractivity contribution < 1.29 is 13.6 Å². The molecule has 1 amide bonds. The Kier molecular flexibility index (Phi) is 5.31. The summed E-state index contributed by atoms with van der Waals surface area (Å²) in [6.45, 7) is 3.82. The highest BCUT2D eigenvalue weighted by Gasteiger charge is 2.23. The van der Waals surface area contributed by atoms with Gasteiger partial charge in [-0.2, -0.15) is 5.10 Å². The minimum Gasteiger partial charge on any atom is -0.380 e. The summed E-state index contributed by atoms with van der Waals surface area (Å²) >= 11 is 0. The number of aromatic nitrogens is 2. The van der Waals surface area contributed by atoms with Crippen LogP contribution < -0.4 is 5.32 Å². The van der Waals surface area contributed by atoms with Crippen LogP contribution in [0.5, 0.6) is 0 Å². The SMILES string of the molecule is Cc1ccnn1CCC(=O)N1CCC[C@@H](Nc2ccc(F)c(F)c2)C1. The van der Waals surface area contributed by atoms with Crippen molar-refractivity contribution in [2.45, 2.75) is 38.8 Å². The van der Waals surface area contributed by atoms with Crippen LogP contribution in [0.1, 0.15) is 25.0 Å². The Morgan fingerprint density at radius 3 is 2.88 bits per heavy atom. The van der Waals surface area contributed by atoms with Crippen molar-refractivity contribution in [1.29, 1.82) is 0 Å². The third-order valence-electron chi connectivity index (χ3n) is 4.53. The summed E-state index contributed by atoms with van der Waals surface area (Å²) in [5, 5.41) is 7.38. The topological polar surface area (TPSA) is 50.2 Å². The number of hydrogen-bond acceptors (Lipinski definition) is 3. The summed E-state index contributed by atoms with van der Waals surface area (Å²) in [4.78, 5) is 14.3. The van der Waals surface area contributed by atoms with E-state index in [2.05, 4.69) is 10.4 Å². The van der Waals surface area contributed by atoms with E-state index in [0.717, 1.165) is 37.2 Å². The van der Waals surface area contributed by atoms with Crippen molar-refractivity contribution in [2.24, 2.45) is 0 Å². The average Bonchev–Trinajstić information content (AvgIpc) is 3.01. The first-order valence-electron chi connectivity index (χ1n) is 8.50. The molecule has 1 saturated heterocycles. The Bertz CT molecular complexity index is 746. The predicted molar refractivity (Wildman–Crippen MR) is 91.2 cm³/mol. The van der Waals surface area contributed by atoms with E-state index in [-0.39, 0.29) is 11.9 Å². The van der Waals surface area contributed by atoms with Crippen molar-refractivity contribution in [3.05, 3.63) is 47.8 Å². The molecule has 1 fully saturated rings. The lowest BCUT2D eigenvalue weighted by atomic mass is 10.0. The van der Waals surface area contributed by atoms with Crippen LogP contribution in [-0.4, -0.2) is 39.7 Å². The van der Waals surface area contributed by atoms with Crippen molar-refractivity contribution in [2.75, 3.05) is 18.4 Å². The smallest absolute Gasteiger partial charge is 0.224 e. The molecule has 1 aromatic carbocycles. The molecule has 3 rings (SSSR count). The summed E-state index contributed by atoms with van der Waals surface area (Å²) < 4.78 is 28.1. The van der Waals surface area contributed by atoms with Gasteiger partial charge in [0.1, 0.15) is 0 Å². The van der Waals surface area contributed by atoms with Crippen LogP contribution in [0, 0.1) is 18.6 Å². The number of aryl methyl sites for hydroxylation is 2. The summed E-state index contributed by atoms with van der Waals surface area (Å²) in [5.41, 5.74) is 1.56. The van der Waals surface area contributed by atoms with Gasteiger partial charge in [-0.3, -0.25) is 9.48 Å². The number of piperidine rings is 1. The van der Waals surface area contributed by atoms with E-state index in [1.54, 1.807) is 6.20 Å². The van der Waals surface area contributed by atoms with Gasteiger partial charge in [0.05, 0.1) is 0 Å². The molecule has 0 saturated carbocycles. The van der Waals surface area contributed by atoms with Gasteiger partial charge in [-0.1, -0.05) is 0 Å². The molecule has 0 unspecified atom stereocenters. The fourth-order valence-corrected chi connectivity index (χ4v) is 3.14. The maximum Gasteiger partial charge on any atom is 0.224 e. The monoisotopic (exact) mass is 348 g/mol. The Hall–Kier alpha value is -2.44. The molecule has 1 aliphatic rings. The van der Waals surface area contributed by atoms with Gasteiger partial charge >= 0.3 is 0 Å². The molecule has 2 aromatic rings. The number of hydrogen-bond donors (Lipinski definition) is 1. The number of amides is 1. The van der Waals surface area contributed by atoms with Gasteiger partial charge in [0.25, 0.3) is 0 Å². The normalized spacial score (nSPS) is 17.6. The van der Waals surface area contributed by atoms with E-state index in [1.165, 1.54) is 6.07 Å². The molecule has 1 aliphatic heterocycles. The third-order valence-corrected chi connectivity index (χ3v) is 4.53. The molecule has 0 aliphatic carbocycles. The predicted octanol–water partition coefficient (Wildman–Crippen LogP) is 2.96. The van der Waals surface area contributed by atoms with Crippen LogP contribution in [-0.2, 0) is 11.3 Å². The van der Waals surface area contributed by atoms with Crippen LogP contribution in [0.25, 0.3) is 0 Å². The number of carbonyl (C=O) groups excluding carboxylic acids is 1. The van der Waals surface area contributed by atoms with Crippen molar-refractivity contribution in [3.63, 3.8) is 0 Å². The standard InChI is InChI=1S/C18H22F2N4O/c1-13-6-8-21-24(13)10-7-18(25)23-9-2-3-15(12-23)22-14-4-5-16(19)17(20)11-14/h4-6,8,11,15,22H,2-3,7,9-10,12H2,1H3/t15-/m1/s1. The first kappa shape index (κ1) is 17.4. The zero-order chi connectivity index (χ0) is 17.8. The number of halogens is 2. The second-order valence-corrected chi connectivity index (χ2v) is 6.40. The lowest BCUT2D eigenvalue weighted by molar-refractivity contribution is -0.132. The first-order valence-corrected chi connectivity index (χ1v) is 8.50. The van der Waals surface area contributed by atoms with E-state index >= 15 is 0 Å². The van der Waals surface area contributed by atoms with Gasteiger partial charge < -0.3 is 10.2 Å². The highest BCUT2D eigenvalue weighted by Crippen LogP contribution is 2.19. The van der Waals surface area contributed by atoms with Gasteiger partial charge in [0, 0.05) is 55.7 Å². The zero-order valence-electron chi connectivity index (χ0n) is 14.2. The lowest BCUT2D eigenvalue weighted by Gasteiger charge is -2.34. The first-order chi connectivity index (χ1) is 12.0. The van der Waals surface area contributed by atoms with Crippen LogP contribution >= 0.6 is 0 Å². The van der Waals surface area contributed by atoms with Crippen LogP contribution in [0.3, 0.4) is 0 Å². The Morgan fingerprint density at radius 2 is 2.16 bits per heavy atom. The summed E-state index contributed by atoms with van der Waals surface area (Å²) in [5.74, 6) is -1.64. The Labute approximate surface area is 145 Å². The van der Waals surface area contributed by atoms with Crippen molar-refractivity contribution in [3.8, 4) is 0 Å². The molecule has 7 heteroatoms. The van der Waals surface area contributed by atoms with Crippen molar-refractivity contribution >= 4 is 11.6 Å². The number of carbonyl (C=O) groups is 1. The van der Waals surface area contributed by atoms with Gasteiger partial charge in [-0.15, -0.1) is 0 Å². The molecule has 0 spiro atoms. The highest BCUT2D eigenvalue weighted by atomic mass is 19.2. The number of rotatable bonds is 5. The van der Waals surface area contributed by atoms with Gasteiger partial charge in [0.15, 0.2) is 11.6 Å². The molecule has 5 nitrogen and oxygen atoms in total. The highest BCUT2D eigenvalue weighted by molar-refractivity contribution is 5.76. The summed E-state index contributed by atoms with van der Waals surface area (Å²) in [6.07, 6.45) is 3.90. The van der Waals surface area contributed by atoms with E-state index in [4.69, 9.17) is 0 Å². The van der Waals surface area contributed by atoms with E-state index in [9.17, 15) is 13.6 Å². The number of benzene rings is 1. The molecular weight excluding hydrogens is 326 g/mol. The third kappa shape index (κ3) is 4.35. The maximum atomic E-state index is 13.3. The van der Waals surface area contributed by atoms with Gasteiger partial charge in [-0.25, -0.2) is 8.78 Å². The average molecular weight is 348 g/mol. The molecule has 0 bridgehead atoms. The number of nitrogens with zero attached hydrogens (tertiary/aromatic N) is 3. The van der Waals surface area contributed by atoms with Crippen molar-refractivity contribution in [1.82, 2.24) is 14.7 Å². The Balaban J connectivity index is 1.54. The zero-order valence-corrected chi connectivity index (χ0v) is 14.2. The fraction of sp³-hybridized carbons (Fsp3) is 0.444. The Morgan fingerprint density at radius 1 is 1.32 bits per heavy atom. The van der Waals surface area contributed by atoms with Crippen LogP contribution in [0.15, 0.2) is 30.5 Å². The van der Waals surface area contributed by atoms with Gasteiger partial charge in [0.2, 0.25) is 5.91 Å². The molecule has 1 N–H and O–H groups in total. The second kappa shape index (κ2) is 7.63. The number of nitrogens with one attached hydrogen (secondary N) is 1. The van der Waals surface area contributed by atoms with E-state index in [0.29, 0.717) is 25.2 Å². The van der Waals surface area contributed by atoms with E-state index < -0.39 is 11.6 Å². The number of likely N-dealkylation sites (tertiary alicyclic amines) is 1. The van der Waals surface area contributed by atoms with E-state index in [1.807, 2.05) is 22.6 Å². The quantitative estimate of drug-likeness (QED) is 0.904. The maximum absolute atomic E-state index is 13.3. The molecule has 134 valence electrons. The molecule has 0 radical (unpaired) electrons. The second-order valence-electron chi connectivity index (χ2n) is 6.40. The van der Waals surface area contributed by atoms with Crippen LogP contribution in [0.4, 0.5) is 14.5 Å². The molecular formula is C18H22F2N4O. The molecule has 1 aromatic heterocycles. The molecule has 2 heterocycles. The van der Waals surface area contributed by atoms with Crippen LogP contribution in [0.2, 0.25) is 0 Å². The largest absolute Gasteiger partial charge is 0.380 e. The summed E-state index contributed by atoms with van der Waals surface area (Å²) in [6, 6.07) is 5.72. The fourth-order valence-electron chi connectivity index (χ4n) is 3.14. The summed E-state index contributed by atoms with van der Waals surface area (Å²) in [7, 11) is 0. The van der Waals surface area contributed by atoms with Gasteiger partial charge in [-0.05, 0) is 38.0 Å². The molecule has 25 heavy (non-hydrogen) atoms. The minimum absolute atomic E-state index is 0.0361. The number of anilines is 1. The minimum atomic E-state index is -0.872. The molecule has 1 atom stereocenters. The lowest BCUT2D eigenvalue weighted by Crippen LogP contribution is -2.45.